The van der Waals surface area contributed by atoms with Crippen molar-refractivity contribution in [2.45, 2.75) is 12.5 Å². The van der Waals surface area contributed by atoms with Gasteiger partial charge >= 0.3 is 6.03 Å². The van der Waals surface area contributed by atoms with Gasteiger partial charge in [-0.2, -0.15) is 0 Å². The van der Waals surface area contributed by atoms with Crippen molar-refractivity contribution >= 4 is 11.9 Å². The first-order valence-corrected chi connectivity index (χ1v) is 7.67. The fourth-order valence-electron chi connectivity index (χ4n) is 2.87. The lowest BCUT2D eigenvalue weighted by Gasteiger charge is -2.27. The highest BCUT2D eigenvalue weighted by molar-refractivity contribution is 5.82. The number of rotatable bonds is 3. The summed E-state index contributed by atoms with van der Waals surface area (Å²) in [5.41, 5.74) is 1.20. The van der Waals surface area contributed by atoms with Crippen molar-refractivity contribution in [2.24, 2.45) is 5.92 Å². The molecule has 2 saturated heterocycles. The summed E-state index contributed by atoms with van der Waals surface area (Å²) < 4.78 is 5.46. The SMILES string of the molecule is O=C1N[C@@H]2COC[C@H]1CN(C(=O)NCCc1ccccc1)C2. The summed E-state index contributed by atoms with van der Waals surface area (Å²) >= 11 is 0. The van der Waals surface area contributed by atoms with Crippen LogP contribution in [0.3, 0.4) is 0 Å². The van der Waals surface area contributed by atoms with E-state index < -0.39 is 0 Å². The van der Waals surface area contributed by atoms with E-state index in [1.165, 1.54) is 5.56 Å². The molecule has 2 aliphatic heterocycles. The Morgan fingerprint density at radius 2 is 2.09 bits per heavy atom. The van der Waals surface area contributed by atoms with Gasteiger partial charge in [0.15, 0.2) is 0 Å². The summed E-state index contributed by atoms with van der Waals surface area (Å²) in [7, 11) is 0. The van der Waals surface area contributed by atoms with Gasteiger partial charge in [0.05, 0.1) is 25.2 Å². The fourth-order valence-corrected chi connectivity index (χ4v) is 2.87. The number of carbonyl (C=O) groups is 2. The molecule has 2 aliphatic rings. The summed E-state index contributed by atoms with van der Waals surface area (Å²) in [6.45, 7) is 2.36. The number of hydrogen-bond donors (Lipinski definition) is 2. The van der Waals surface area contributed by atoms with Crippen molar-refractivity contribution in [3.63, 3.8) is 0 Å². The number of benzene rings is 1. The van der Waals surface area contributed by atoms with Crippen LogP contribution in [0.5, 0.6) is 0 Å². The third-order valence-corrected chi connectivity index (χ3v) is 4.06. The first-order chi connectivity index (χ1) is 10.7. The zero-order valence-corrected chi connectivity index (χ0v) is 12.5. The molecule has 3 rings (SSSR count). The number of hydrogen-bond acceptors (Lipinski definition) is 3. The molecule has 3 amide bonds. The normalized spacial score (nSPS) is 24.4. The van der Waals surface area contributed by atoms with Crippen molar-refractivity contribution in [3.8, 4) is 0 Å². The number of nitrogens with zero attached hydrogens (tertiary/aromatic N) is 1. The van der Waals surface area contributed by atoms with Gasteiger partial charge in [0.1, 0.15) is 0 Å². The highest BCUT2D eigenvalue weighted by Gasteiger charge is 2.34. The van der Waals surface area contributed by atoms with Crippen LogP contribution >= 0.6 is 0 Å². The van der Waals surface area contributed by atoms with Gasteiger partial charge in [0, 0.05) is 19.6 Å². The number of fused-ring (bicyclic) bond motifs is 3. The average molecular weight is 303 g/mol. The first-order valence-electron chi connectivity index (χ1n) is 7.67. The van der Waals surface area contributed by atoms with Gasteiger partial charge in [-0.15, -0.1) is 0 Å². The molecule has 0 unspecified atom stereocenters. The Morgan fingerprint density at radius 3 is 2.91 bits per heavy atom. The molecular formula is C16H21N3O3. The van der Waals surface area contributed by atoms with Gasteiger partial charge in [-0.05, 0) is 12.0 Å². The van der Waals surface area contributed by atoms with Crippen LogP contribution in [0.25, 0.3) is 0 Å². The molecule has 2 fully saturated rings. The van der Waals surface area contributed by atoms with E-state index in [9.17, 15) is 9.59 Å². The monoisotopic (exact) mass is 303 g/mol. The predicted molar refractivity (Wildman–Crippen MR) is 81.4 cm³/mol. The van der Waals surface area contributed by atoms with Gasteiger partial charge < -0.3 is 20.3 Å². The molecule has 0 aliphatic carbocycles. The van der Waals surface area contributed by atoms with Gasteiger partial charge in [0.2, 0.25) is 5.91 Å². The average Bonchev–Trinajstić information content (AvgIpc) is 2.76. The molecule has 6 nitrogen and oxygen atoms in total. The van der Waals surface area contributed by atoms with Crippen LogP contribution in [-0.2, 0) is 16.0 Å². The number of nitrogens with one attached hydrogen (secondary N) is 2. The van der Waals surface area contributed by atoms with Crippen molar-refractivity contribution in [2.75, 3.05) is 32.8 Å². The minimum atomic E-state index is -0.271. The van der Waals surface area contributed by atoms with Crippen molar-refractivity contribution in [3.05, 3.63) is 35.9 Å². The van der Waals surface area contributed by atoms with E-state index in [1.807, 2.05) is 30.3 Å². The maximum atomic E-state index is 12.3. The van der Waals surface area contributed by atoms with Crippen LogP contribution in [0.4, 0.5) is 4.79 Å². The first kappa shape index (κ1) is 14.8. The zero-order chi connectivity index (χ0) is 15.4. The van der Waals surface area contributed by atoms with Crippen LogP contribution in [0.15, 0.2) is 30.3 Å². The summed E-state index contributed by atoms with van der Waals surface area (Å²) in [5, 5.41) is 5.86. The minimum Gasteiger partial charge on any atom is -0.378 e. The molecule has 0 radical (unpaired) electrons. The molecule has 1 aromatic rings. The van der Waals surface area contributed by atoms with E-state index in [-0.39, 0.29) is 23.9 Å². The molecule has 2 atom stereocenters. The molecule has 22 heavy (non-hydrogen) atoms. The van der Waals surface area contributed by atoms with Gasteiger partial charge in [-0.25, -0.2) is 4.79 Å². The topological polar surface area (TPSA) is 70.7 Å². The van der Waals surface area contributed by atoms with E-state index in [2.05, 4.69) is 10.6 Å². The Kier molecular flexibility index (Phi) is 4.58. The molecule has 1 aromatic carbocycles. The highest BCUT2D eigenvalue weighted by Crippen LogP contribution is 2.13. The summed E-state index contributed by atoms with van der Waals surface area (Å²) in [6, 6.07) is 9.83. The quantitative estimate of drug-likeness (QED) is 0.848. The molecule has 0 aromatic heterocycles. The molecule has 0 spiro atoms. The van der Waals surface area contributed by atoms with E-state index in [1.54, 1.807) is 4.90 Å². The van der Waals surface area contributed by atoms with E-state index >= 15 is 0 Å². The third kappa shape index (κ3) is 3.57. The second-order valence-electron chi connectivity index (χ2n) is 5.81. The van der Waals surface area contributed by atoms with Crippen LogP contribution < -0.4 is 10.6 Å². The van der Waals surface area contributed by atoms with Crippen molar-refractivity contribution in [1.29, 1.82) is 0 Å². The molecule has 2 bridgehead atoms. The lowest BCUT2D eigenvalue weighted by atomic mass is 10.1. The molecular weight excluding hydrogens is 282 g/mol. The highest BCUT2D eigenvalue weighted by atomic mass is 16.5. The largest absolute Gasteiger partial charge is 0.378 e. The van der Waals surface area contributed by atoms with Crippen molar-refractivity contribution < 1.29 is 14.3 Å². The maximum Gasteiger partial charge on any atom is 0.317 e. The number of urea groups is 1. The Bertz CT molecular complexity index is 535. The summed E-state index contributed by atoms with van der Waals surface area (Å²) in [6.07, 6.45) is 0.799. The van der Waals surface area contributed by atoms with Gasteiger partial charge in [-0.1, -0.05) is 30.3 Å². The van der Waals surface area contributed by atoms with Crippen molar-refractivity contribution in [1.82, 2.24) is 15.5 Å². The van der Waals surface area contributed by atoms with Crippen LogP contribution in [0.2, 0.25) is 0 Å². The number of amides is 3. The Labute approximate surface area is 129 Å². The predicted octanol–water partition coefficient (Wildman–Crippen LogP) is 0.385. The van der Waals surface area contributed by atoms with Crippen LogP contribution in [0, 0.1) is 5.92 Å². The Morgan fingerprint density at radius 1 is 1.27 bits per heavy atom. The summed E-state index contributed by atoms with van der Waals surface area (Å²) in [5.74, 6) is -0.283. The molecule has 0 saturated carbocycles. The second-order valence-corrected chi connectivity index (χ2v) is 5.81. The maximum absolute atomic E-state index is 12.3. The summed E-state index contributed by atoms with van der Waals surface area (Å²) in [4.78, 5) is 26.0. The van der Waals surface area contributed by atoms with E-state index in [0.29, 0.717) is 32.8 Å². The van der Waals surface area contributed by atoms with Gasteiger partial charge in [-0.3, -0.25) is 4.79 Å². The number of ether oxygens (including phenoxy) is 1. The Balaban J connectivity index is 1.52. The molecule has 2 N–H and O–H groups in total. The van der Waals surface area contributed by atoms with Gasteiger partial charge in [0.25, 0.3) is 0 Å². The minimum absolute atomic E-state index is 0.0120. The van der Waals surface area contributed by atoms with Crippen LogP contribution in [0.1, 0.15) is 5.56 Å². The van der Waals surface area contributed by atoms with Crippen LogP contribution in [-0.4, -0.2) is 55.7 Å². The smallest absolute Gasteiger partial charge is 0.317 e. The number of carbonyl (C=O) groups excluding carboxylic acids is 2. The molecule has 118 valence electrons. The second kappa shape index (κ2) is 6.79. The lowest BCUT2D eigenvalue weighted by molar-refractivity contribution is -0.125. The fraction of sp³-hybridized carbons (Fsp3) is 0.500. The van der Waals surface area contributed by atoms with E-state index in [0.717, 1.165) is 6.42 Å². The lowest BCUT2D eigenvalue weighted by Crippen LogP contribution is -2.48. The third-order valence-electron chi connectivity index (χ3n) is 4.06. The van der Waals surface area contributed by atoms with E-state index in [4.69, 9.17) is 4.74 Å². The Hall–Kier alpha value is -2.08. The standard InChI is InChI=1S/C16H21N3O3/c20-15-13-8-19(9-14(18-15)11-22-10-13)16(21)17-7-6-12-4-2-1-3-5-12/h1-5,13-14H,6-11H2,(H,17,21)(H,18,20)/t13-,14+/m1/s1. The molecule has 2 heterocycles. The zero-order valence-electron chi connectivity index (χ0n) is 12.5. The molecule has 6 heteroatoms.